The quantitative estimate of drug-likeness (QED) is 0.760. The van der Waals surface area contributed by atoms with Gasteiger partial charge < -0.3 is 15.5 Å². The number of piperazine rings is 1. The molecule has 1 fully saturated rings. The van der Waals surface area contributed by atoms with Crippen LogP contribution >= 0.6 is 0 Å². The van der Waals surface area contributed by atoms with Gasteiger partial charge in [-0.2, -0.15) is 0 Å². The molecule has 2 aromatic rings. The van der Waals surface area contributed by atoms with Crippen LogP contribution in [0, 0.1) is 0 Å². The summed E-state index contributed by atoms with van der Waals surface area (Å²) < 4.78 is 0. The number of urea groups is 1. The van der Waals surface area contributed by atoms with Gasteiger partial charge in [-0.25, -0.2) is 4.79 Å². The number of nitrogens with one attached hydrogen (secondary N) is 2. The normalized spacial score (nSPS) is 14.4. The molecule has 146 valence electrons. The van der Waals surface area contributed by atoms with Crippen LogP contribution in [-0.2, 0) is 6.54 Å². The van der Waals surface area contributed by atoms with Crippen molar-refractivity contribution >= 4 is 17.6 Å². The molecule has 0 saturated carbocycles. The van der Waals surface area contributed by atoms with Crippen molar-refractivity contribution in [2.45, 2.75) is 6.54 Å². The van der Waals surface area contributed by atoms with Gasteiger partial charge in [-0.1, -0.05) is 36.4 Å². The molecule has 0 aromatic heterocycles. The van der Waals surface area contributed by atoms with Crippen molar-refractivity contribution in [3.8, 4) is 0 Å². The lowest BCUT2D eigenvalue weighted by atomic mass is 10.2. The Labute approximate surface area is 165 Å². The first-order valence-corrected chi connectivity index (χ1v) is 9.47. The first-order chi connectivity index (χ1) is 13.7. The number of carbonyl (C=O) groups excluding carboxylic acids is 2. The van der Waals surface area contributed by atoms with E-state index in [1.54, 1.807) is 30.3 Å². The number of anilines is 1. The van der Waals surface area contributed by atoms with E-state index in [2.05, 4.69) is 34.2 Å². The van der Waals surface area contributed by atoms with Crippen molar-refractivity contribution in [3.05, 3.63) is 78.4 Å². The second-order valence-corrected chi connectivity index (χ2v) is 6.75. The zero-order valence-electron chi connectivity index (χ0n) is 15.9. The fraction of sp³-hybridized carbons (Fsp3) is 0.273. The Hall–Kier alpha value is -3.12. The molecule has 0 spiro atoms. The molecule has 1 aliphatic rings. The number of benzene rings is 2. The second-order valence-electron chi connectivity index (χ2n) is 6.75. The SMILES string of the molecule is C=CCNC(=O)c1ccc(NC(=O)N2CCN(Cc3ccccc3)CC2)cc1. The average Bonchev–Trinajstić information content (AvgIpc) is 2.74. The highest BCUT2D eigenvalue weighted by Gasteiger charge is 2.21. The molecule has 3 rings (SSSR count). The fourth-order valence-electron chi connectivity index (χ4n) is 3.13. The maximum Gasteiger partial charge on any atom is 0.321 e. The molecule has 6 nitrogen and oxygen atoms in total. The van der Waals surface area contributed by atoms with Crippen molar-refractivity contribution in [2.75, 3.05) is 38.0 Å². The highest BCUT2D eigenvalue weighted by Crippen LogP contribution is 2.13. The lowest BCUT2D eigenvalue weighted by Gasteiger charge is -2.34. The minimum atomic E-state index is -0.160. The Kier molecular flexibility index (Phi) is 6.81. The zero-order chi connectivity index (χ0) is 19.8. The molecule has 0 radical (unpaired) electrons. The van der Waals surface area contributed by atoms with Crippen molar-refractivity contribution in [1.82, 2.24) is 15.1 Å². The smallest absolute Gasteiger partial charge is 0.321 e. The van der Waals surface area contributed by atoms with Crippen LogP contribution in [0.2, 0.25) is 0 Å². The molecule has 6 heteroatoms. The standard InChI is InChI=1S/C22H26N4O2/c1-2-12-23-21(27)19-8-10-20(11-9-19)24-22(28)26-15-13-25(14-16-26)17-18-6-4-3-5-7-18/h2-11H,1,12-17H2,(H,23,27)(H,24,28). The third-order valence-corrected chi connectivity index (χ3v) is 4.71. The molecule has 28 heavy (non-hydrogen) atoms. The van der Waals surface area contributed by atoms with Crippen LogP contribution in [0.25, 0.3) is 0 Å². The van der Waals surface area contributed by atoms with E-state index in [1.165, 1.54) is 5.56 Å². The summed E-state index contributed by atoms with van der Waals surface area (Å²) in [6, 6.07) is 17.1. The number of hydrogen-bond donors (Lipinski definition) is 2. The van der Waals surface area contributed by atoms with Gasteiger partial charge in [0.15, 0.2) is 0 Å². The Morgan fingerprint density at radius 2 is 1.64 bits per heavy atom. The molecule has 0 bridgehead atoms. The van der Waals surface area contributed by atoms with E-state index >= 15 is 0 Å². The molecule has 0 atom stereocenters. The minimum absolute atomic E-state index is 0.108. The van der Waals surface area contributed by atoms with Crippen LogP contribution in [0.4, 0.5) is 10.5 Å². The van der Waals surface area contributed by atoms with Crippen LogP contribution < -0.4 is 10.6 Å². The number of amides is 3. The molecule has 1 saturated heterocycles. The van der Waals surface area contributed by atoms with Crippen LogP contribution in [0.15, 0.2) is 67.3 Å². The van der Waals surface area contributed by atoms with E-state index in [1.807, 2.05) is 23.1 Å². The molecule has 0 unspecified atom stereocenters. The van der Waals surface area contributed by atoms with E-state index in [0.29, 0.717) is 30.9 Å². The summed E-state index contributed by atoms with van der Waals surface area (Å²) in [5.41, 5.74) is 2.52. The molecule has 2 aromatic carbocycles. The summed E-state index contributed by atoms with van der Waals surface area (Å²) in [4.78, 5) is 28.6. The molecule has 1 heterocycles. The van der Waals surface area contributed by atoms with Gasteiger partial charge in [0.25, 0.3) is 5.91 Å². The van der Waals surface area contributed by atoms with Gasteiger partial charge in [0.05, 0.1) is 0 Å². The van der Waals surface area contributed by atoms with Gasteiger partial charge in [0.1, 0.15) is 0 Å². The Morgan fingerprint density at radius 1 is 0.964 bits per heavy atom. The van der Waals surface area contributed by atoms with Gasteiger partial charge >= 0.3 is 6.03 Å². The van der Waals surface area contributed by atoms with Gasteiger partial charge in [-0.3, -0.25) is 9.69 Å². The number of nitrogens with zero attached hydrogens (tertiary/aromatic N) is 2. The van der Waals surface area contributed by atoms with Crippen molar-refractivity contribution in [3.63, 3.8) is 0 Å². The monoisotopic (exact) mass is 378 g/mol. The van der Waals surface area contributed by atoms with Gasteiger partial charge in [-0.05, 0) is 29.8 Å². The van der Waals surface area contributed by atoms with E-state index in [-0.39, 0.29) is 11.9 Å². The minimum Gasteiger partial charge on any atom is -0.349 e. The van der Waals surface area contributed by atoms with E-state index in [0.717, 1.165) is 19.6 Å². The second kappa shape index (κ2) is 9.71. The predicted molar refractivity (Wildman–Crippen MR) is 111 cm³/mol. The summed E-state index contributed by atoms with van der Waals surface area (Å²) in [6.45, 7) is 8.00. The highest BCUT2D eigenvalue weighted by molar-refractivity contribution is 5.95. The Balaban J connectivity index is 1.46. The predicted octanol–water partition coefficient (Wildman–Crippen LogP) is 2.95. The third kappa shape index (κ3) is 5.44. The zero-order valence-corrected chi connectivity index (χ0v) is 15.9. The molecular weight excluding hydrogens is 352 g/mol. The Bertz CT molecular complexity index is 797. The average molecular weight is 378 g/mol. The largest absolute Gasteiger partial charge is 0.349 e. The van der Waals surface area contributed by atoms with E-state index < -0.39 is 0 Å². The highest BCUT2D eigenvalue weighted by atomic mass is 16.2. The lowest BCUT2D eigenvalue weighted by molar-refractivity contribution is 0.0958. The maximum atomic E-state index is 12.5. The summed E-state index contributed by atoms with van der Waals surface area (Å²) in [5.74, 6) is -0.160. The van der Waals surface area contributed by atoms with Crippen LogP contribution in [0.3, 0.4) is 0 Å². The van der Waals surface area contributed by atoms with Crippen LogP contribution in [0.5, 0.6) is 0 Å². The molecular formula is C22H26N4O2. The first kappa shape index (κ1) is 19.6. The molecule has 1 aliphatic heterocycles. The van der Waals surface area contributed by atoms with Crippen molar-refractivity contribution < 1.29 is 9.59 Å². The summed E-state index contributed by atoms with van der Waals surface area (Å²) in [6.07, 6.45) is 1.63. The Morgan fingerprint density at radius 3 is 2.29 bits per heavy atom. The lowest BCUT2D eigenvalue weighted by Crippen LogP contribution is -2.49. The summed E-state index contributed by atoms with van der Waals surface area (Å²) in [5, 5.41) is 5.63. The fourth-order valence-corrected chi connectivity index (χ4v) is 3.13. The van der Waals surface area contributed by atoms with Crippen molar-refractivity contribution in [1.29, 1.82) is 0 Å². The third-order valence-electron chi connectivity index (χ3n) is 4.71. The summed E-state index contributed by atoms with van der Waals surface area (Å²) in [7, 11) is 0. The topological polar surface area (TPSA) is 64.7 Å². The first-order valence-electron chi connectivity index (χ1n) is 9.47. The van der Waals surface area contributed by atoms with Gasteiger partial charge in [0.2, 0.25) is 0 Å². The van der Waals surface area contributed by atoms with E-state index in [4.69, 9.17) is 0 Å². The molecule has 0 aliphatic carbocycles. The number of carbonyl (C=O) groups is 2. The maximum absolute atomic E-state index is 12.5. The van der Waals surface area contributed by atoms with Crippen LogP contribution in [0.1, 0.15) is 15.9 Å². The number of rotatable bonds is 6. The van der Waals surface area contributed by atoms with Crippen LogP contribution in [-0.4, -0.2) is 54.5 Å². The molecule has 2 N–H and O–H groups in total. The van der Waals surface area contributed by atoms with Crippen molar-refractivity contribution in [2.24, 2.45) is 0 Å². The van der Waals surface area contributed by atoms with E-state index in [9.17, 15) is 9.59 Å². The number of hydrogen-bond acceptors (Lipinski definition) is 3. The molecule has 3 amide bonds. The van der Waals surface area contributed by atoms with Gasteiger partial charge in [0, 0.05) is 50.5 Å². The van der Waals surface area contributed by atoms with Gasteiger partial charge in [-0.15, -0.1) is 6.58 Å². The summed E-state index contributed by atoms with van der Waals surface area (Å²) >= 11 is 0.